The summed E-state index contributed by atoms with van der Waals surface area (Å²) in [6.45, 7) is 8.31. The van der Waals surface area contributed by atoms with E-state index < -0.39 is 9.04 Å². The van der Waals surface area contributed by atoms with Gasteiger partial charge in [0.15, 0.2) is 0 Å². The lowest BCUT2D eigenvalue weighted by Gasteiger charge is -2.14. The van der Waals surface area contributed by atoms with Gasteiger partial charge < -0.3 is 4.80 Å². The molecule has 0 saturated heterocycles. The Hall–Kier alpha value is -1.38. The molecular weight excluding hydrogens is 236 g/mol. The van der Waals surface area contributed by atoms with Crippen molar-refractivity contribution < 1.29 is 4.80 Å². The van der Waals surface area contributed by atoms with Gasteiger partial charge in [0.1, 0.15) is 0 Å². The van der Waals surface area contributed by atoms with Crippen LogP contribution in [0.5, 0.6) is 0 Å². The van der Waals surface area contributed by atoms with Crippen LogP contribution in [0.15, 0.2) is 36.4 Å². The monoisotopic (exact) mass is 255 g/mol. The van der Waals surface area contributed by atoms with E-state index in [1.54, 1.807) is 0 Å². The molecule has 0 fully saturated rings. The first-order chi connectivity index (χ1) is 8.49. The van der Waals surface area contributed by atoms with Crippen molar-refractivity contribution in [1.29, 1.82) is 0 Å². The minimum Gasteiger partial charge on any atom is -0.424 e. The molecule has 1 nitrogen and oxygen atoms in total. The Morgan fingerprint density at radius 2 is 1.11 bits per heavy atom. The van der Waals surface area contributed by atoms with Crippen LogP contribution in [0.1, 0.15) is 22.3 Å². The third-order valence-corrected chi connectivity index (χ3v) is 5.42. The Morgan fingerprint density at radius 1 is 0.722 bits per heavy atom. The molecule has 0 aliphatic carbocycles. The third kappa shape index (κ3) is 2.55. The van der Waals surface area contributed by atoms with Crippen LogP contribution in [0.3, 0.4) is 0 Å². The summed E-state index contributed by atoms with van der Waals surface area (Å²) in [6.07, 6.45) is 0. The molecule has 2 rings (SSSR count). The van der Waals surface area contributed by atoms with Gasteiger partial charge in [-0.3, -0.25) is 0 Å². The average Bonchev–Trinajstić information content (AvgIpc) is 2.28. The summed E-state index contributed by atoms with van der Waals surface area (Å²) in [7, 11) is -1.64. The highest BCUT2D eigenvalue weighted by atomic mass is 28.3. The molecule has 2 aromatic rings. The van der Waals surface area contributed by atoms with E-state index in [4.69, 9.17) is 0 Å². The quantitative estimate of drug-likeness (QED) is 0.814. The summed E-state index contributed by atoms with van der Waals surface area (Å²) in [5.41, 5.74) is 4.86. The highest BCUT2D eigenvalue weighted by Gasteiger charge is 2.18. The molecule has 0 unspecified atom stereocenters. The molecule has 0 aliphatic heterocycles. The summed E-state index contributed by atoms with van der Waals surface area (Å²) in [5, 5.41) is 2.19. The van der Waals surface area contributed by atoms with E-state index in [1.165, 1.54) is 22.3 Å². The highest BCUT2D eigenvalue weighted by Crippen LogP contribution is 2.05. The fraction of sp³-hybridized carbons (Fsp3) is 0.250. The van der Waals surface area contributed by atoms with Gasteiger partial charge in [-0.1, -0.05) is 47.5 Å². The zero-order valence-electron chi connectivity index (χ0n) is 11.4. The lowest BCUT2D eigenvalue weighted by molar-refractivity contribution is 0.599. The normalized spacial score (nSPS) is 11.0. The van der Waals surface area contributed by atoms with Crippen LogP contribution < -0.4 is 10.4 Å². The van der Waals surface area contributed by atoms with E-state index >= 15 is 0 Å². The molecule has 2 aromatic carbocycles. The molecule has 0 heterocycles. The molecule has 0 saturated carbocycles. The van der Waals surface area contributed by atoms with Crippen molar-refractivity contribution in [2.24, 2.45) is 0 Å². The summed E-state index contributed by atoms with van der Waals surface area (Å²) in [6, 6.07) is 12.6. The van der Waals surface area contributed by atoms with Crippen LogP contribution >= 0.6 is 0 Å². The number of hydrogen-bond acceptors (Lipinski definition) is 1. The van der Waals surface area contributed by atoms with Crippen LogP contribution in [0, 0.1) is 27.7 Å². The first-order valence-electron chi connectivity index (χ1n) is 6.20. The molecule has 93 valence electrons. The average molecular weight is 255 g/mol. The van der Waals surface area contributed by atoms with E-state index in [-0.39, 0.29) is 0 Å². The molecular formula is C16H19OSi. The van der Waals surface area contributed by atoms with Crippen LogP contribution in [0.2, 0.25) is 0 Å². The van der Waals surface area contributed by atoms with Crippen molar-refractivity contribution in [1.82, 2.24) is 0 Å². The first kappa shape index (κ1) is 13.1. The molecule has 0 amide bonds. The van der Waals surface area contributed by atoms with Crippen LogP contribution in [0.4, 0.5) is 0 Å². The minimum atomic E-state index is -1.64. The Balaban J connectivity index is 2.44. The Labute approximate surface area is 111 Å². The summed E-state index contributed by atoms with van der Waals surface area (Å²) in [5.74, 6) is 0. The van der Waals surface area contributed by atoms with Gasteiger partial charge >= 0.3 is 0 Å². The minimum absolute atomic E-state index is 1.09. The van der Waals surface area contributed by atoms with E-state index in [9.17, 15) is 4.80 Å². The fourth-order valence-corrected chi connectivity index (χ4v) is 3.97. The maximum absolute atomic E-state index is 10.6. The van der Waals surface area contributed by atoms with Gasteiger partial charge in [-0.2, -0.15) is 0 Å². The predicted octanol–water partition coefficient (Wildman–Crippen LogP) is 2.02. The van der Waals surface area contributed by atoms with E-state index in [0.29, 0.717) is 0 Å². The van der Waals surface area contributed by atoms with Gasteiger partial charge in [0, 0.05) is 0 Å². The second kappa shape index (κ2) is 5.08. The van der Waals surface area contributed by atoms with Crippen LogP contribution in [0.25, 0.3) is 0 Å². The molecule has 0 aliphatic rings. The van der Waals surface area contributed by atoms with Crippen molar-refractivity contribution >= 4 is 19.4 Å². The van der Waals surface area contributed by atoms with Gasteiger partial charge in [-0.05, 0) is 49.2 Å². The summed E-state index contributed by atoms with van der Waals surface area (Å²) >= 11 is 0. The molecule has 1 radical (unpaired) electrons. The zero-order chi connectivity index (χ0) is 13.3. The molecule has 0 aromatic heterocycles. The molecule has 0 bridgehead atoms. The maximum atomic E-state index is 10.6. The van der Waals surface area contributed by atoms with Crippen LogP contribution in [-0.4, -0.2) is 13.8 Å². The number of benzene rings is 2. The van der Waals surface area contributed by atoms with Crippen molar-refractivity contribution in [2.45, 2.75) is 27.7 Å². The zero-order valence-corrected chi connectivity index (χ0v) is 12.4. The molecule has 0 spiro atoms. The number of rotatable bonds is 2. The molecule has 1 N–H and O–H groups in total. The highest BCUT2D eigenvalue weighted by molar-refractivity contribution is 6.79. The molecule has 18 heavy (non-hydrogen) atoms. The van der Waals surface area contributed by atoms with Crippen molar-refractivity contribution in [2.75, 3.05) is 0 Å². The van der Waals surface area contributed by atoms with Gasteiger partial charge in [0.25, 0.3) is 9.04 Å². The van der Waals surface area contributed by atoms with Gasteiger partial charge in [0.05, 0.1) is 0 Å². The topological polar surface area (TPSA) is 20.2 Å². The second-order valence-corrected chi connectivity index (χ2v) is 6.76. The van der Waals surface area contributed by atoms with Gasteiger partial charge in [-0.15, -0.1) is 0 Å². The Kier molecular flexibility index (Phi) is 3.69. The summed E-state index contributed by atoms with van der Waals surface area (Å²) in [4.78, 5) is 10.6. The van der Waals surface area contributed by atoms with E-state index in [1.807, 2.05) is 0 Å². The third-order valence-electron chi connectivity index (χ3n) is 3.27. The van der Waals surface area contributed by atoms with E-state index in [2.05, 4.69) is 64.1 Å². The smallest absolute Gasteiger partial charge is 0.280 e. The fourth-order valence-electron chi connectivity index (χ4n) is 2.30. The summed E-state index contributed by atoms with van der Waals surface area (Å²) < 4.78 is 0. The predicted molar refractivity (Wildman–Crippen MR) is 79.1 cm³/mol. The Bertz CT molecular complexity index is 524. The molecule has 0 atom stereocenters. The Morgan fingerprint density at radius 3 is 1.44 bits per heavy atom. The van der Waals surface area contributed by atoms with Gasteiger partial charge in [0.2, 0.25) is 0 Å². The second-order valence-electron chi connectivity index (χ2n) is 4.99. The number of aryl methyl sites for hydroxylation is 4. The maximum Gasteiger partial charge on any atom is 0.280 e. The first-order valence-corrected chi connectivity index (χ1v) is 7.65. The van der Waals surface area contributed by atoms with Crippen molar-refractivity contribution in [3.8, 4) is 0 Å². The van der Waals surface area contributed by atoms with Gasteiger partial charge in [-0.25, -0.2) is 0 Å². The lowest BCUT2D eigenvalue weighted by atomic mass is 10.1. The standard InChI is InChI=1S/C16H19OSi/c1-11-5-7-15(13(3)9-11)18(17)16-8-6-12(2)10-14(16)4/h5-10,17H,1-4H3. The van der Waals surface area contributed by atoms with Crippen molar-refractivity contribution in [3.05, 3.63) is 58.7 Å². The van der Waals surface area contributed by atoms with Crippen molar-refractivity contribution in [3.63, 3.8) is 0 Å². The molecule has 2 heteroatoms. The van der Waals surface area contributed by atoms with Crippen LogP contribution in [-0.2, 0) is 0 Å². The number of hydrogen-bond donors (Lipinski definition) is 1. The van der Waals surface area contributed by atoms with E-state index in [0.717, 1.165) is 10.4 Å². The SMILES string of the molecule is Cc1ccc([Si](O)c2ccc(C)cc2C)c(C)c1. The lowest BCUT2D eigenvalue weighted by Crippen LogP contribution is -2.44. The largest absolute Gasteiger partial charge is 0.424 e.